The van der Waals surface area contributed by atoms with Crippen LogP contribution >= 0.6 is 0 Å². The standard InChI is InChI=1S/C16H23N3O4/c1-16(2,3)23-15(22)19-9-6-13(20)12(10-19)18-14(21)11-4-7-17-8-5-11/h4-5,7-8,12-13,20H,6,9-10H2,1-3H3,(H,18,21)/t12-,13-/m1/s1. The van der Waals surface area contributed by atoms with Crippen molar-refractivity contribution in [3.8, 4) is 0 Å². The van der Waals surface area contributed by atoms with Crippen molar-refractivity contribution in [3.05, 3.63) is 30.1 Å². The third-order valence-electron chi connectivity index (χ3n) is 3.49. The van der Waals surface area contributed by atoms with Crippen LogP contribution in [-0.2, 0) is 4.74 Å². The predicted molar refractivity (Wildman–Crippen MR) is 83.9 cm³/mol. The molecule has 0 bridgehead atoms. The van der Waals surface area contributed by atoms with Gasteiger partial charge in [0, 0.05) is 31.0 Å². The van der Waals surface area contributed by atoms with E-state index in [2.05, 4.69) is 10.3 Å². The largest absolute Gasteiger partial charge is 0.444 e. The first-order valence-corrected chi connectivity index (χ1v) is 7.63. The van der Waals surface area contributed by atoms with Crippen LogP contribution in [0.4, 0.5) is 4.79 Å². The van der Waals surface area contributed by atoms with Crippen molar-refractivity contribution < 1.29 is 19.4 Å². The Morgan fingerprint density at radius 1 is 1.35 bits per heavy atom. The SMILES string of the molecule is CC(C)(C)OC(=O)N1CC[C@@H](O)[C@H](NC(=O)c2ccncc2)C1. The van der Waals surface area contributed by atoms with E-state index in [-0.39, 0.29) is 12.5 Å². The second kappa shape index (κ2) is 6.95. The number of aromatic nitrogens is 1. The number of carbonyl (C=O) groups is 2. The number of carbonyl (C=O) groups excluding carboxylic acids is 2. The molecule has 1 aromatic heterocycles. The van der Waals surface area contributed by atoms with Crippen molar-refractivity contribution in [1.82, 2.24) is 15.2 Å². The molecule has 0 spiro atoms. The smallest absolute Gasteiger partial charge is 0.410 e. The summed E-state index contributed by atoms with van der Waals surface area (Å²) in [6.07, 6.45) is 2.31. The van der Waals surface area contributed by atoms with E-state index in [0.29, 0.717) is 18.5 Å². The van der Waals surface area contributed by atoms with Gasteiger partial charge in [0.1, 0.15) is 5.60 Å². The first kappa shape index (κ1) is 17.2. The van der Waals surface area contributed by atoms with Crippen LogP contribution < -0.4 is 5.32 Å². The molecule has 0 aliphatic carbocycles. The first-order chi connectivity index (χ1) is 10.8. The third-order valence-corrected chi connectivity index (χ3v) is 3.49. The number of aliphatic hydroxyl groups is 1. The maximum atomic E-state index is 12.2. The summed E-state index contributed by atoms with van der Waals surface area (Å²) in [5.74, 6) is -0.303. The number of piperidine rings is 1. The lowest BCUT2D eigenvalue weighted by atomic mass is 10.0. The summed E-state index contributed by atoms with van der Waals surface area (Å²) in [5.41, 5.74) is -0.121. The molecule has 2 rings (SSSR count). The number of likely N-dealkylation sites (tertiary alicyclic amines) is 1. The minimum atomic E-state index is -0.695. The molecular weight excluding hydrogens is 298 g/mol. The van der Waals surface area contributed by atoms with Crippen molar-refractivity contribution in [2.24, 2.45) is 0 Å². The lowest BCUT2D eigenvalue weighted by Crippen LogP contribution is -2.57. The van der Waals surface area contributed by atoms with Crippen molar-refractivity contribution in [3.63, 3.8) is 0 Å². The van der Waals surface area contributed by atoms with Crippen LogP contribution in [0.1, 0.15) is 37.6 Å². The second-order valence-corrected chi connectivity index (χ2v) is 6.60. The zero-order chi connectivity index (χ0) is 17.0. The van der Waals surface area contributed by atoms with Crippen molar-refractivity contribution in [2.45, 2.75) is 44.9 Å². The summed E-state index contributed by atoms with van der Waals surface area (Å²) in [6, 6.07) is 2.66. The summed E-state index contributed by atoms with van der Waals surface area (Å²) in [4.78, 5) is 29.7. The Bertz CT molecular complexity index is 556. The van der Waals surface area contributed by atoms with E-state index >= 15 is 0 Å². The summed E-state index contributed by atoms with van der Waals surface area (Å²) in [5, 5.41) is 12.9. The van der Waals surface area contributed by atoms with Crippen molar-refractivity contribution in [2.75, 3.05) is 13.1 Å². The van der Waals surface area contributed by atoms with E-state index < -0.39 is 23.8 Å². The molecule has 2 amide bonds. The van der Waals surface area contributed by atoms with Crippen LogP contribution in [0, 0.1) is 0 Å². The van der Waals surface area contributed by atoms with Crippen molar-refractivity contribution >= 4 is 12.0 Å². The molecular formula is C16H23N3O4. The van der Waals surface area contributed by atoms with Crippen LogP contribution in [0.15, 0.2) is 24.5 Å². The minimum Gasteiger partial charge on any atom is -0.444 e. The highest BCUT2D eigenvalue weighted by Gasteiger charge is 2.33. The Labute approximate surface area is 135 Å². The number of nitrogens with one attached hydrogen (secondary N) is 1. The van der Waals surface area contributed by atoms with E-state index in [4.69, 9.17) is 4.74 Å². The van der Waals surface area contributed by atoms with Gasteiger partial charge >= 0.3 is 6.09 Å². The molecule has 2 heterocycles. The molecule has 2 atom stereocenters. The van der Waals surface area contributed by atoms with Gasteiger partial charge in [0.05, 0.1) is 12.1 Å². The second-order valence-electron chi connectivity index (χ2n) is 6.60. The molecule has 1 aromatic rings. The number of pyridine rings is 1. The number of ether oxygens (including phenoxy) is 1. The fraction of sp³-hybridized carbons (Fsp3) is 0.562. The van der Waals surface area contributed by atoms with Gasteiger partial charge in [0.15, 0.2) is 0 Å². The molecule has 7 heteroatoms. The number of rotatable bonds is 2. The summed E-state index contributed by atoms with van der Waals surface area (Å²) in [7, 11) is 0. The number of hydrogen-bond acceptors (Lipinski definition) is 5. The van der Waals surface area contributed by atoms with Crippen LogP contribution in [-0.4, -0.2) is 57.8 Å². The van der Waals surface area contributed by atoms with Gasteiger partial charge in [0.2, 0.25) is 0 Å². The monoisotopic (exact) mass is 321 g/mol. The Hall–Kier alpha value is -2.15. The molecule has 0 saturated carbocycles. The molecule has 1 aliphatic heterocycles. The van der Waals surface area contributed by atoms with E-state index in [1.165, 1.54) is 17.3 Å². The fourth-order valence-corrected chi connectivity index (χ4v) is 2.33. The van der Waals surface area contributed by atoms with Gasteiger partial charge in [-0.05, 0) is 39.3 Å². The Balaban J connectivity index is 1.98. The molecule has 0 unspecified atom stereocenters. The van der Waals surface area contributed by atoms with Crippen LogP contribution in [0.3, 0.4) is 0 Å². The average molecular weight is 321 g/mol. The number of nitrogens with zero attached hydrogens (tertiary/aromatic N) is 2. The van der Waals surface area contributed by atoms with Crippen LogP contribution in [0.2, 0.25) is 0 Å². The first-order valence-electron chi connectivity index (χ1n) is 7.63. The number of hydrogen-bond donors (Lipinski definition) is 2. The van der Waals surface area contributed by atoms with Gasteiger partial charge in [0.25, 0.3) is 5.91 Å². The summed E-state index contributed by atoms with van der Waals surface area (Å²) < 4.78 is 5.33. The average Bonchev–Trinajstić information content (AvgIpc) is 2.48. The molecule has 2 N–H and O–H groups in total. The Morgan fingerprint density at radius 2 is 2.00 bits per heavy atom. The molecule has 1 fully saturated rings. The van der Waals surface area contributed by atoms with E-state index in [9.17, 15) is 14.7 Å². The molecule has 1 saturated heterocycles. The van der Waals surface area contributed by atoms with Crippen LogP contribution in [0.5, 0.6) is 0 Å². The van der Waals surface area contributed by atoms with E-state index in [1.54, 1.807) is 32.9 Å². The topological polar surface area (TPSA) is 91.8 Å². The third kappa shape index (κ3) is 4.92. The highest BCUT2D eigenvalue weighted by atomic mass is 16.6. The van der Waals surface area contributed by atoms with Gasteiger partial charge < -0.3 is 20.1 Å². The molecule has 23 heavy (non-hydrogen) atoms. The molecule has 126 valence electrons. The highest BCUT2D eigenvalue weighted by molar-refractivity contribution is 5.94. The fourth-order valence-electron chi connectivity index (χ4n) is 2.33. The highest BCUT2D eigenvalue weighted by Crippen LogP contribution is 2.16. The maximum Gasteiger partial charge on any atom is 0.410 e. The van der Waals surface area contributed by atoms with Gasteiger partial charge in [-0.1, -0.05) is 0 Å². The zero-order valence-corrected chi connectivity index (χ0v) is 13.7. The van der Waals surface area contributed by atoms with Crippen LogP contribution in [0.25, 0.3) is 0 Å². The number of amides is 2. The Morgan fingerprint density at radius 3 is 2.61 bits per heavy atom. The summed E-state index contributed by atoms with van der Waals surface area (Å²) >= 11 is 0. The molecule has 7 nitrogen and oxygen atoms in total. The van der Waals surface area contributed by atoms with Gasteiger partial charge in [-0.15, -0.1) is 0 Å². The maximum absolute atomic E-state index is 12.2. The minimum absolute atomic E-state index is 0.215. The van der Waals surface area contributed by atoms with E-state index in [0.717, 1.165) is 0 Å². The predicted octanol–water partition coefficient (Wildman–Crippen LogP) is 1.18. The summed E-state index contributed by atoms with van der Waals surface area (Å²) in [6.45, 7) is 6.01. The van der Waals surface area contributed by atoms with Crippen molar-refractivity contribution in [1.29, 1.82) is 0 Å². The zero-order valence-electron chi connectivity index (χ0n) is 13.7. The molecule has 1 aliphatic rings. The van der Waals surface area contributed by atoms with Gasteiger partial charge in [-0.25, -0.2) is 4.79 Å². The normalized spacial score (nSPS) is 21.7. The van der Waals surface area contributed by atoms with E-state index in [1.807, 2.05) is 0 Å². The number of aliphatic hydroxyl groups excluding tert-OH is 1. The Kier molecular flexibility index (Phi) is 5.20. The molecule has 0 radical (unpaired) electrons. The molecule has 0 aromatic carbocycles. The van der Waals surface area contributed by atoms with Gasteiger partial charge in [-0.2, -0.15) is 0 Å². The lowest BCUT2D eigenvalue weighted by Gasteiger charge is -2.37. The quantitative estimate of drug-likeness (QED) is 0.853. The lowest BCUT2D eigenvalue weighted by molar-refractivity contribution is 0.000491. The van der Waals surface area contributed by atoms with Gasteiger partial charge in [-0.3, -0.25) is 9.78 Å².